The van der Waals surface area contributed by atoms with Crippen LogP contribution in [-0.2, 0) is 4.79 Å². The van der Waals surface area contributed by atoms with Gasteiger partial charge in [-0.2, -0.15) is 0 Å². The predicted molar refractivity (Wildman–Crippen MR) is 105 cm³/mol. The summed E-state index contributed by atoms with van der Waals surface area (Å²) in [6, 6.07) is 0.884. The van der Waals surface area contributed by atoms with Crippen molar-refractivity contribution >= 4 is 5.91 Å². The van der Waals surface area contributed by atoms with Crippen molar-refractivity contribution in [1.29, 1.82) is 0 Å². The molecule has 5 rings (SSSR count). The Kier molecular flexibility index (Phi) is 4.19. The van der Waals surface area contributed by atoms with Gasteiger partial charge >= 0.3 is 0 Å². The molecule has 3 heteroatoms. The van der Waals surface area contributed by atoms with Crippen molar-refractivity contribution in [2.45, 2.75) is 96.1 Å². The van der Waals surface area contributed by atoms with Gasteiger partial charge in [0, 0.05) is 18.0 Å². The Balaban J connectivity index is 1.34. The quantitative estimate of drug-likeness (QED) is 0.755. The van der Waals surface area contributed by atoms with Gasteiger partial charge in [0.25, 0.3) is 0 Å². The molecule has 0 bridgehead atoms. The molecule has 0 aromatic rings. The number of amides is 1. The Morgan fingerprint density at radius 2 is 1.77 bits per heavy atom. The molecule has 5 aliphatic rings. The van der Waals surface area contributed by atoms with Crippen LogP contribution in [0.2, 0.25) is 0 Å². The number of piperidine rings is 1. The zero-order valence-corrected chi connectivity index (χ0v) is 16.9. The highest BCUT2D eigenvalue weighted by Crippen LogP contribution is 2.62. The Hall–Kier alpha value is -0.570. The molecule has 0 spiro atoms. The molecule has 2 heterocycles. The van der Waals surface area contributed by atoms with E-state index in [9.17, 15) is 4.79 Å². The molecule has 1 amide bonds. The molecule has 3 saturated carbocycles. The van der Waals surface area contributed by atoms with Gasteiger partial charge in [-0.1, -0.05) is 6.92 Å². The molecular formula is C23H38N2O. The van der Waals surface area contributed by atoms with Gasteiger partial charge in [0.15, 0.2) is 0 Å². The molecule has 7 atom stereocenters. The van der Waals surface area contributed by atoms with Crippen molar-refractivity contribution in [1.82, 2.24) is 10.2 Å². The van der Waals surface area contributed by atoms with E-state index in [1.165, 1.54) is 70.9 Å². The number of hydrogen-bond acceptors (Lipinski definition) is 2. The van der Waals surface area contributed by atoms with Gasteiger partial charge in [0.2, 0.25) is 5.91 Å². The van der Waals surface area contributed by atoms with Crippen molar-refractivity contribution in [2.24, 2.45) is 29.1 Å². The summed E-state index contributed by atoms with van der Waals surface area (Å²) in [6.07, 6.45) is 14.5. The SMILES string of the molecule is C[C@@]12CC[C@H](N3CCCC3)C[C@@H]1CC[C@@H]1[C@@H]2CC[C@]2(C)NC(=O)CC[C@@H]12. The number of rotatable bonds is 1. The van der Waals surface area contributed by atoms with E-state index >= 15 is 0 Å². The third-order valence-corrected chi connectivity index (χ3v) is 9.79. The maximum Gasteiger partial charge on any atom is 0.220 e. The molecule has 3 aliphatic carbocycles. The molecule has 0 unspecified atom stereocenters. The minimum atomic E-state index is 0.0897. The standard InChI is InChI=1S/C23H38N2O/c1-22-11-9-17(25-13-3-4-14-25)15-16(22)5-6-18-19(22)10-12-23(2)20(18)7-8-21(26)24-23/h16-20H,3-15H2,1-2H3,(H,24,26)/t16-,17-,18+,19-,20-,22+,23-/m0/s1. The second-order valence-electron chi connectivity index (χ2n) is 10.9. The Bertz CT molecular complexity index is 571. The predicted octanol–water partition coefficient (Wildman–Crippen LogP) is 4.36. The van der Waals surface area contributed by atoms with Gasteiger partial charge in [-0.3, -0.25) is 4.79 Å². The van der Waals surface area contributed by atoms with E-state index < -0.39 is 0 Å². The third-order valence-electron chi connectivity index (χ3n) is 9.79. The second-order valence-corrected chi connectivity index (χ2v) is 10.9. The smallest absolute Gasteiger partial charge is 0.220 e. The van der Waals surface area contributed by atoms with Gasteiger partial charge in [0.05, 0.1) is 0 Å². The van der Waals surface area contributed by atoms with E-state index in [2.05, 4.69) is 24.1 Å². The fourth-order valence-corrected chi connectivity index (χ4v) is 8.35. The summed E-state index contributed by atoms with van der Waals surface area (Å²) < 4.78 is 0. The van der Waals surface area contributed by atoms with Gasteiger partial charge in [-0.25, -0.2) is 0 Å². The van der Waals surface area contributed by atoms with E-state index in [1.54, 1.807) is 0 Å². The largest absolute Gasteiger partial charge is 0.351 e. The van der Waals surface area contributed by atoms with Crippen LogP contribution < -0.4 is 5.32 Å². The van der Waals surface area contributed by atoms with E-state index in [-0.39, 0.29) is 5.54 Å². The van der Waals surface area contributed by atoms with Crippen LogP contribution in [0, 0.1) is 29.1 Å². The van der Waals surface area contributed by atoms with E-state index in [1.807, 2.05) is 0 Å². The summed E-state index contributed by atoms with van der Waals surface area (Å²) in [5.74, 6) is 3.75. The Morgan fingerprint density at radius 1 is 0.962 bits per heavy atom. The molecule has 2 aliphatic heterocycles. The summed E-state index contributed by atoms with van der Waals surface area (Å²) >= 11 is 0. The molecule has 5 fully saturated rings. The maximum absolute atomic E-state index is 12.0. The van der Waals surface area contributed by atoms with Crippen LogP contribution in [0.1, 0.15) is 84.5 Å². The molecule has 1 N–H and O–H groups in total. The summed E-state index contributed by atoms with van der Waals surface area (Å²) in [5, 5.41) is 3.41. The van der Waals surface area contributed by atoms with Gasteiger partial charge < -0.3 is 10.2 Å². The summed E-state index contributed by atoms with van der Waals surface area (Å²) in [5.41, 5.74) is 0.661. The first kappa shape index (κ1) is 17.5. The summed E-state index contributed by atoms with van der Waals surface area (Å²) in [7, 11) is 0. The number of nitrogens with one attached hydrogen (secondary N) is 1. The zero-order valence-electron chi connectivity index (χ0n) is 16.9. The van der Waals surface area contributed by atoms with Crippen LogP contribution in [0.25, 0.3) is 0 Å². The first-order valence-corrected chi connectivity index (χ1v) is 11.5. The molecule has 0 radical (unpaired) electrons. The molecule has 26 heavy (non-hydrogen) atoms. The fraction of sp³-hybridized carbons (Fsp3) is 0.957. The lowest BCUT2D eigenvalue weighted by Crippen LogP contribution is -2.63. The van der Waals surface area contributed by atoms with Gasteiger partial charge in [-0.05, 0) is 113 Å². The molecule has 2 saturated heterocycles. The number of likely N-dealkylation sites (tertiary alicyclic amines) is 1. The van der Waals surface area contributed by atoms with Crippen molar-refractivity contribution in [3.8, 4) is 0 Å². The van der Waals surface area contributed by atoms with Crippen molar-refractivity contribution in [3.63, 3.8) is 0 Å². The number of nitrogens with zero attached hydrogens (tertiary/aromatic N) is 1. The van der Waals surface area contributed by atoms with E-state index in [0.29, 0.717) is 11.3 Å². The zero-order chi connectivity index (χ0) is 17.9. The van der Waals surface area contributed by atoms with Crippen molar-refractivity contribution < 1.29 is 4.79 Å². The number of fused-ring (bicyclic) bond motifs is 5. The van der Waals surface area contributed by atoms with Crippen LogP contribution in [0.4, 0.5) is 0 Å². The summed E-state index contributed by atoms with van der Waals surface area (Å²) in [6.45, 7) is 7.74. The third kappa shape index (κ3) is 2.59. The average Bonchev–Trinajstić information content (AvgIpc) is 3.14. The summed E-state index contributed by atoms with van der Waals surface area (Å²) in [4.78, 5) is 14.8. The topological polar surface area (TPSA) is 32.3 Å². The molecule has 0 aromatic heterocycles. The van der Waals surface area contributed by atoms with Crippen LogP contribution in [0.3, 0.4) is 0 Å². The number of hydrogen-bond donors (Lipinski definition) is 1. The molecular weight excluding hydrogens is 320 g/mol. The highest BCUT2D eigenvalue weighted by Gasteiger charge is 2.58. The molecule has 0 aromatic carbocycles. The highest BCUT2D eigenvalue weighted by molar-refractivity contribution is 5.77. The first-order chi connectivity index (χ1) is 12.5. The minimum absolute atomic E-state index is 0.0897. The number of carbonyl (C=O) groups excluding carboxylic acids is 1. The Morgan fingerprint density at radius 3 is 2.58 bits per heavy atom. The highest BCUT2D eigenvalue weighted by atomic mass is 16.1. The normalized spacial score (nSPS) is 51.9. The van der Waals surface area contributed by atoms with E-state index in [0.717, 1.165) is 42.6 Å². The van der Waals surface area contributed by atoms with E-state index in [4.69, 9.17) is 0 Å². The van der Waals surface area contributed by atoms with Gasteiger partial charge in [0.1, 0.15) is 0 Å². The maximum atomic E-state index is 12.0. The minimum Gasteiger partial charge on any atom is -0.351 e. The van der Waals surface area contributed by atoms with Crippen LogP contribution >= 0.6 is 0 Å². The first-order valence-electron chi connectivity index (χ1n) is 11.5. The average molecular weight is 359 g/mol. The molecule has 146 valence electrons. The molecule has 3 nitrogen and oxygen atoms in total. The van der Waals surface area contributed by atoms with Crippen LogP contribution in [0.15, 0.2) is 0 Å². The lowest BCUT2D eigenvalue weighted by atomic mass is 9.45. The van der Waals surface area contributed by atoms with Gasteiger partial charge in [-0.15, -0.1) is 0 Å². The number of carbonyl (C=O) groups is 1. The van der Waals surface area contributed by atoms with Crippen molar-refractivity contribution in [3.05, 3.63) is 0 Å². The monoisotopic (exact) mass is 358 g/mol. The van der Waals surface area contributed by atoms with Crippen molar-refractivity contribution in [2.75, 3.05) is 13.1 Å². The lowest BCUT2D eigenvalue weighted by molar-refractivity contribution is -0.140. The van der Waals surface area contributed by atoms with Crippen LogP contribution in [-0.4, -0.2) is 35.5 Å². The lowest BCUT2D eigenvalue weighted by Gasteiger charge is -2.62. The Labute approximate surface area is 159 Å². The second kappa shape index (κ2) is 6.22. The fourth-order valence-electron chi connectivity index (χ4n) is 8.35. The van der Waals surface area contributed by atoms with Crippen LogP contribution in [0.5, 0.6) is 0 Å².